The third kappa shape index (κ3) is 2.08. The molecule has 0 bridgehead atoms. The number of fused-ring (bicyclic) bond motifs is 1. The molecule has 0 spiro atoms. The number of nitrogens with zero attached hydrogens (tertiary/aromatic N) is 3. The molecule has 1 fully saturated rings. The number of halogens is 2. The predicted molar refractivity (Wildman–Crippen MR) is 78.8 cm³/mol. The second-order valence-electron chi connectivity index (χ2n) is 4.80. The summed E-state index contributed by atoms with van der Waals surface area (Å²) in [7, 11) is 0. The lowest BCUT2D eigenvalue weighted by Gasteiger charge is -2.17. The lowest BCUT2D eigenvalue weighted by molar-refractivity contribution is -0.126. The van der Waals surface area contributed by atoms with E-state index in [1.165, 1.54) is 17.3 Å². The molecule has 2 aliphatic heterocycles. The van der Waals surface area contributed by atoms with Gasteiger partial charge in [-0.05, 0) is 13.0 Å². The smallest absolute Gasteiger partial charge is 0.252 e. The van der Waals surface area contributed by atoms with Crippen molar-refractivity contribution in [3.05, 3.63) is 28.0 Å². The molecule has 7 nitrogen and oxygen atoms in total. The molecule has 2 atom stereocenters. The fourth-order valence-corrected chi connectivity index (χ4v) is 3.13. The highest BCUT2D eigenvalue weighted by Crippen LogP contribution is 2.31. The summed E-state index contributed by atoms with van der Waals surface area (Å²) in [6, 6.07) is 0.621. The maximum absolute atomic E-state index is 12.7. The zero-order valence-corrected chi connectivity index (χ0v) is 12.9. The highest BCUT2D eigenvalue weighted by atomic mass is 35.5. The van der Waals surface area contributed by atoms with Crippen LogP contribution < -0.4 is 5.32 Å². The monoisotopic (exact) mass is 340 g/mol. The van der Waals surface area contributed by atoms with Crippen molar-refractivity contribution in [2.24, 2.45) is 11.0 Å². The molecule has 0 aliphatic carbocycles. The minimum atomic E-state index is -0.952. The second kappa shape index (κ2) is 5.33. The minimum absolute atomic E-state index is 0.0200. The molecular weight excluding hydrogens is 331 g/mol. The molecule has 114 valence electrons. The maximum Gasteiger partial charge on any atom is 0.252 e. The Kier molecular flexibility index (Phi) is 3.62. The SMILES string of the molecule is CCN1N=C(C(=O)c2c(Cl)ccnc2Cl)C2C(=O)NC(=O)C21. The van der Waals surface area contributed by atoms with Gasteiger partial charge >= 0.3 is 0 Å². The molecule has 1 saturated heterocycles. The average molecular weight is 341 g/mol. The van der Waals surface area contributed by atoms with Crippen molar-refractivity contribution in [3.8, 4) is 0 Å². The Morgan fingerprint density at radius 2 is 2.09 bits per heavy atom. The number of nitrogens with one attached hydrogen (secondary N) is 1. The van der Waals surface area contributed by atoms with Gasteiger partial charge in [0.05, 0.1) is 10.6 Å². The van der Waals surface area contributed by atoms with Crippen LogP contribution in [0.4, 0.5) is 0 Å². The first-order valence-corrected chi connectivity index (χ1v) is 7.25. The molecule has 2 unspecified atom stereocenters. The highest BCUT2D eigenvalue weighted by molar-refractivity contribution is 6.55. The summed E-state index contributed by atoms with van der Waals surface area (Å²) < 4.78 is 0. The van der Waals surface area contributed by atoms with E-state index in [0.29, 0.717) is 6.54 Å². The third-order valence-electron chi connectivity index (χ3n) is 3.60. The summed E-state index contributed by atoms with van der Waals surface area (Å²) in [5.41, 5.74) is -0.0690. The van der Waals surface area contributed by atoms with Gasteiger partial charge in [0, 0.05) is 12.7 Å². The van der Waals surface area contributed by atoms with Crippen molar-refractivity contribution in [3.63, 3.8) is 0 Å². The zero-order valence-electron chi connectivity index (χ0n) is 11.3. The molecule has 1 N–H and O–H groups in total. The molecule has 0 radical (unpaired) electrons. The van der Waals surface area contributed by atoms with Gasteiger partial charge in [-0.25, -0.2) is 4.98 Å². The molecule has 1 aromatic heterocycles. The molecular formula is C13H10Cl2N4O3. The third-order valence-corrected chi connectivity index (χ3v) is 4.20. The zero-order chi connectivity index (χ0) is 16.0. The number of hydrogen-bond donors (Lipinski definition) is 1. The number of pyridine rings is 1. The van der Waals surface area contributed by atoms with Crippen LogP contribution >= 0.6 is 23.2 Å². The summed E-state index contributed by atoms with van der Waals surface area (Å²) in [4.78, 5) is 40.3. The Morgan fingerprint density at radius 3 is 2.73 bits per heavy atom. The van der Waals surface area contributed by atoms with Crippen molar-refractivity contribution in [2.45, 2.75) is 13.0 Å². The van der Waals surface area contributed by atoms with Gasteiger partial charge < -0.3 is 0 Å². The van der Waals surface area contributed by atoms with Crippen molar-refractivity contribution in [2.75, 3.05) is 6.54 Å². The number of carbonyl (C=O) groups is 3. The number of ketones is 1. The molecule has 0 saturated carbocycles. The van der Waals surface area contributed by atoms with Gasteiger partial charge in [0.1, 0.15) is 22.8 Å². The van der Waals surface area contributed by atoms with Gasteiger partial charge in [-0.15, -0.1) is 0 Å². The number of likely N-dealkylation sites (N-methyl/N-ethyl adjacent to an activating group) is 1. The van der Waals surface area contributed by atoms with Gasteiger partial charge in [0.25, 0.3) is 5.91 Å². The Hall–Kier alpha value is -1.99. The van der Waals surface area contributed by atoms with Crippen LogP contribution in [0, 0.1) is 5.92 Å². The van der Waals surface area contributed by atoms with Crippen molar-refractivity contribution < 1.29 is 14.4 Å². The van der Waals surface area contributed by atoms with Gasteiger partial charge in [-0.1, -0.05) is 23.2 Å². The van der Waals surface area contributed by atoms with E-state index in [-0.39, 0.29) is 21.5 Å². The molecule has 9 heteroatoms. The first kappa shape index (κ1) is 14.9. The number of amides is 2. The van der Waals surface area contributed by atoms with E-state index in [1.54, 1.807) is 6.92 Å². The Balaban J connectivity index is 2.06. The predicted octanol–water partition coefficient (Wildman–Crippen LogP) is 0.904. The lowest BCUT2D eigenvalue weighted by Crippen LogP contribution is -2.37. The number of rotatable bonds is 3. The van der Waals surface area contributed by atoms with E-state index in [9.17, 15) is 14.4 Å². The van der Waals surface area contributed by atoms with Crippen LogP contribution in [0.25, 0.3) is 0 Å². The quantitative estimate of drug-likeness (QED) is 0.501. The van der Waals surface area contributed by atoms with Crippen molar-refractivity contribution >= 4 is 46.5 Å². The van der Waals surface area contributed by atoms with Crippen LogP contribution in [-0.4, -0.2) is 45.9 Å². The van der Waals surface area contributed by atoms with E-state index in [0.717, 1.165) is 0 Å². The minimum Gasteiger partial charge on any atom is -0.294 e. The summed E-state index contributed by atoms with van der Waals surface area (Å²) >= 11 is 11.9. The molecule has 3 heterocycles. The molecule has 3 rings (SSSR count). The summed E-state index contributed by atoms with van der Waals surface area (Å²) in [6.45, 7) is 2.15. The second-order valence-corrected chi connectivity index (χ2v) is 5.57. The highest BCUT2D eigenvalue weighted by Gasteiger charge is 2.53. The summed E-state index contributed by atoms with van der Waals surface area (Å²) in [5.74, 6) is -2.56. The maximum atomic E-state index is 12.7. The van der Waals surface area contributed by atoms with Gasteiger partial charge in [0.15, 0.2) is 0 Å². The number of Topliss-reactive ketones (excluding diaryl/α,β-unsaturated/α-hetero) is 1. The fourth-order valence-electron chi connectivity index (χ4n) is 2.61. The van der Waals surface area contributed by atoms with Crippen LogP contribution in [0.5, 0.6) is 0 Å². The van der Waals surface area contributed by atoms with Gasteiger partial charge in [-0.3, -0.25) is 24.7 Å². The number of aromatic nitrogens is 1. The standard InChI is InChI=1S/C13H10Cl2N4O3/c1-2-19-9-7(12(21)17-13(9)22)8(18-19)10(20)6-5(14)3-4-16-11(6)15/h3-4,7,9H,2H2,1H3,(H,17,21,22). The van der Waals surface area contributed by atoms with Gasteiger partial charge in [0.2, 0.25) is 11.7 Å². The number of imide groups is 1. The Morgan fingerprint density at radius 1 is 1.36 bits per heavy atom. The molecule has 2 aliphatic rings. The molecule has 22 heavy (non-hydrogen) atoms. The molecule has 0 aromatic carbocycles. The van der Waals surface area contributed by atoms with E-state index in [1.807, 2.05) is 0 Å². The Labute approximate surface area is 135 Å². The summed E-state index contributed by atoms with van der Waals surface area (Å²) in [6.07, 6.45) is 1.37. The first-order chi connectivity index (χ1) is 10.5. The summed E-state index contributed by atoms with van der Waals surface area (Å²) in [5, 5.41) is 7.79. The largest absolute Gasteiger partial charge is 0.294 e. The van der Waals surface area contributed by atoms with Gasteiger partial charge in [-0.2, -0.15) is 5.10 Å². The van der Waals surface area contributed by atoms with Crippen LogP contribution in [-0.2, 0) is 9.59 Å². The molecule has 2 amide bonds. The van der Waals surface area contributed by atoms with Crippen LogP contribution in [0.3, 0.4) is 0 Å². The number of carbonyl (C=O) groups excluding carboxylic acids is 3. The van der Waals surface area contributed by atoms with E-state index in [4.69, 9.17) is 23.2 Å². The van der Waals surface area contributed by atoms with Crippen LogP contribution in [0.15, 0.2) is 17.4 Å². The average Bonchev–Trinajstić information content (AvgIpc) is 2.98. The van der Waals surface area contributed by atoms with Crippen LogP contribution in [0.2, 0.25) is 10.2 Å². The van der Waals surface area contributed by atoms with Crippen molar-refractivity contribution in [1.82, 2.24) is 15.3 Å². The van der Waals surface area contributed by atoms with Crippen molar-refractivity contribution in [1.29, 1.82) is 0 Å². The first-order valence-electron chi connectivity index (χ1n) is 6.50. The normalized spacial score (nSPS) is 23.4. The fraction of sp³-hybridized carbons (Fsp3) is 0.308. The number of hydrazone groups is 1. The molecule has 1 aromatic rings. The Bertz CT molecular complexity index is 714. The van der Waals surface area contributed by atoms with E-state index < -0.39 is 29.6 Å². The topological polar surface area (TPSA) is 91.7 Å². The lowest BCUT2D eigenvalue weighted by atomic mass is 9.93. The van der Waals surface area contributed by atoms with Crippen LogP contribution in [0.1, 0.15) is 17.3 Å². The van der Waals surface area contributed by atoms with E-state index in [2.05, 4.69) is 15.4 Å². The van der Waals surface area contributed by atoms with E-state index >= 15 is 0 Å². The number of hydrogen-bond acceptors (Lipinski definition) is 6.